The molecule has 6 heteroatoms. The minimum atomic E-state index is -0.820. The quantitative estimate of drug-likeness (QED) is 0.719. The lowest BCUT2D eigenvalue weighted by Crippen LogP contribution is -2.60. The van der Waals surface area contributed by atoms with Gasteiger partial charge in [-0.15, -0.1) is 0 Å². The molecule has 0 radical (unpaired) electrons. The van der Waals surface area contributed by atoms with Crippen molar-refractivity contribution in [3.8, 4) is 0 Å². The molecule has 19 heavy (non-hydrogen) atoms. The first-order chi connectivity index (χ1) is 8.85. The fourth-order valence-corrected chi connectivity index (χ4v) is 2.59. The van der Waals surface area contributed by atoms with Gasteiger partial charge in [0.25, 0.3) is 0 Å². The van der Waals surface area contributed by atoms with Gasteiger partial charge in [-0.1, -0.05) is 6.92 Å². The molecule has 0 saturated carbocycles. The first-order valence-corrected chi connectivity index (χ1v) is 8.54. The van der Waals surface area contributed by atoms with Crippen molar-refractivity contribution in [3.63, 3.8) is 0 Å². The van der Waals surface area contributed by atoms with E-state index in [0.29, 0.717) is 6.54 Å². The van der Waals surface area contributed by atoms with Crippen LogP contribution in [0.2, 0.25) is 0 Å². The van der Waals surface area contributed by atoms with E-state index in [2.05, 4.69) is 15.5 Å². The number of carbonyl (C=O) groups excluding carboxylic acids is 1. The van der Waals surface area contributed by atoms with E-state index >= 15 is 0 Å². The van der Waals surface area contributed by atoms with E-state index < -0.39 is 16.3 Å². The Bertz CT molecular complexity index is 328. The number of carbonyl (C=O) groups is 1. The van der Waals surface area contributed by atoms with E-state index in [9.17, 15) is 9.00 Å². The highest BCUT2D eigenvalue weighted by Crippen LogP contribution is 2.15. The number of nitrogens with zero attached hydrogens (tertiary/aromatic N) is 1. The minimum Gasteiger partial charge on any atom is -0.354 e. The summed E-state index contributed by atoms with van der Waals surface area (Å²) in [5.74, 6) is 0.0588. The molecule has 1 saturated heterocycles. The van der Waals surface area contributed by atoms with E-state index in [-0.39, 0.29) is 11.2 Å². The molecule has 1 fully saturated rings. The van der Waals surface area contributed by atoms with Crippen LogP contribution in [0.5, 0.6) is 0 Å². The highest BCUT2D eigenvalue weighted by molar-refractivity contribution is 7.84. The zero-order chi connectivity index (χ0) is 14.5. The molecule has 1 rings (SSSR count). The van der Waals surface area contributed by atoms with Gasteiger partial charge in [0.05, 0.1) is 5.54 Å². The molecule has 112 valence electrons. The number of amides is 1. The molecule has 1 heterocycles. The lowest BCUT2D eigenvalue weighted by molar-refractivity contribution is -0.132. The van der Waals surface area contributed by atoms with Crippen molar-refractivity contribution in [1.29, 1.82) is 0 Å². The minimum absolute atomic E-state index is 0.0588. The maximum atomic E-state index is 12.3. The van der Waals surface area contributed by atoms with Gasteiger partial charge in [-0.25, -0.2) is 0 Å². The van der Waals surface area contributed by atoms with Crippen molar-refractivity contribution in [2.24, 2.45) is 0 Å². The molecule has 2 N–H and O–H groups in total. The fraction of sp³-hybridized carbons (Fsp3) is 0.923. The Morgan fingerprint density at radius 2 is 2.00 bits per heavy atom. The van der Waals surface area contributed by atoms with Crippen molar-refractivity contribution < 1.29 is 9.00 Å². The van der Waals surface area contributed by atoms with Gasteiger partial charge in [-0.2, -0.15) is 0 Å². The van der Waals surface area contributed by atoms with Gasteiger partial charge in [0.2, 0.25) is 5.91 Å². The highest BCUT2D eigenvalue weighted by atomic mass is 32.2. The molecular weight excluding hydrogens is 262 g/mol. The van der Waals surface area contributed by atoms with Crippen LogP contribution in [-0.4, -0.2) is 64.8 Å². The molecular formula is C13H27N3O2S. The van der Waals surface area contributed by atoms with Crippen molar-refractivity contribution >= 4 is 16.7 Å². The van der Waals surface area contributed by atoms with Crippen molar-refractivity contribution in [1.82, 2.24) is 15.5 Å². The SMILES string of the molecule is CC(CCNC(=O)C(C)(C)N1CCNCC1)S(C)=O. The highest BCUT2D eigenvalue weighted by Gasteiger charge is 2.34. The van der Waals surface area contributed by atoms with Gasteiger partial charge in [0.15, 0.2) is 0 Å². The Labute approximate surface area is 119 Å². The zero-order valence-corrected chi connectivity index (χ0v) is 13.3. The average molecular weight is 289 g/mol. The summed E-state index contributed by atoms with van der Waals surface area (Å²) < 4.78 is 11.2. The number of nitrogens with one attached hydrogen (secondary N) is 2. The second-order valence-electron chi connectivity index (χ2n) is 5.65. The van der Waals surface area contributed by atoms with E-state index in [1.165, 1.54) is 0 Å². The molecule has 2 unspecified atom stereocenters. The predicted octanol–water partition coefficient (Wildman–Crippen LogP) is -0.0565. The largest absolute Gasteiger partial charge is 0.354 e. The maximum Gasteiger partial charge on any atom is 0.239 e. The van der Waals surface area contributed by atoms with Crippen LogP contribution in [0.25, 0.3) is 0 Å². The van der Waals surface area contributed by atoms with Gasteiger partial charge in [-0.3, -0.25) is 13.9 Å². The monoisotopic (exact) mass is 289 g/mol. The number of piperazine rings is 1. The molecule has 0 aromatic carbocycles. The van der Waals surface area contributed by atoms with Gasteiger partial charge < -0.3 is 10.6 Å². The Hall–Kier alpha value is -0.460. The van der Waals surface area contributed by atoms with Crippen LogP contribution in [-0.2, 0) is 15.6 Å². The van der Waals surface area contributed by atoms with Gasteiger partial charge >= 0.3 is 0 Å². The summed E-state index contributed by atoms with van der Waals surface area (Å²) in [5.41, 5.74) is -0.475. The number of hydrogen-bond donors (Lipinski definition) is 2. The van der Waals surface area contributed by atoms with Crippen LogP contribution >= 0.6 is 0 Å². The van der Waals surface area contributed by atoms with Crippen molar-refractivity contribution in [2.45, 2.75) is 38.0 Å². The Kier molecular flexibility index (Phi) is 6.42. The van der Waals surface area contributed by atoms with Gasteiger partial charge in [-0.05, 0) is 20.3 Å². The summed E-state index contributed by atoms with van der Waals surface area (Å²) in [6, 6.07) is 0. The van der Waals surface area contributed by atoms with Crippen LogP contribution in [0.4, 0.5) is 0 Å². The topological polar surface area (TPSA) is 61.4 Å². The third-order valence-electron chi connectivity index (χ3n) is 3.87. The Balaban J connectivity index is 2.40. The third-order valence-corrected chi connectivity index (χ3v) is 5.24. The second-order valence-corrected chi connectivity index (χ2v) is 7.45. The Morgan fingerprint density at radius 1 is 1.42 bits per heavy atom. The molecule has 1 aliphatic rings. The Morgan fingerprint density at radius 3 is 2.53 bits per heavy atom. The second kappa shape index (κ2) is 7.36. The smallest absolute Gasteiger partial charge is 0.239 e. The molecule has 0 aliphatic carbocycles. The summed E-state index contributed by atoms with van der Waals surface area (Å²) in [6.45, 7) is 10.1. The summed E-state index contributed by atoms with van der Waals surface area (Å²) in [6.07, 6.45) is 2.46. The zero-order valence-electron chi connectivity index (χ0n) is 12.5. The maximum absolute atomic E-state index is 12.3. The van der Waals surface area contributed by atoms with Crippen molar-refractivity contribution in [2.75, 3.05) is 39.0 Å². The van der Waals surface area contributed by atoms with Gasteiger partial charge in [0.1, 0.15) is 0 Å². The van der Waals surface area contributed by atoms with Crippen LogP contribution in [0.15, 0.2) is 0 Å². The number of rotatable bonds is 6. The van der Waals surface area contributed by atoms with E-state index in [4.69, 9.17) is 0 Å². The number of hydrogen-bond acceptors (Lipinski definition) is 4. The molecule has 1 aliphatic heterocycles. The van der Waals surface area contributed by atoms with Crippen LogP contribution in [0, 0.1) is 0 Å². The summed E-state index contributed by atoms with van der Waals surface area (Å²) in [5, 5.41) is 6.39. The van der Waals surface area contributed by atoms with Crippen LogP contribution in [0.1, 0.15) is 27.2 Å². The van der Waals surface area contributed by atoms with E-state index in [1.54, 1.807) is 6.26 Å². The van der Waals surface area contributed by atoms with Crippen LogP contribution < -0.4 is 10.6 Å². The lowest BCUT2D eigenvalue weighted by Gasteiger charge is -2.39. The lowest BCUT2D eigenvalue weighted by atomic mass is 10.0. The molecule has 0 spiro atoms. The fourth-order valence-electron chi connectivity index (χ4n) is 2.14. The van der Waals surface area contributed by atoms with Crippen molar-refractivity contribution in [3.05, 3.63) is 0 Å². The average Bonchev–Trinajstić information content (AvgIpc) is 2.39. The summed E-state index contributed by atoms with van der Waals surface area (Å²) in [4.78, 5) is 14.5. The molecule has 0 aromatic heterocycles. The van der Waals surface area contributed by atoms with E-state index in [1.807, 2.05) is 20.8 Å². The molecule has 2 atom stereocenters. The summed E-state index contributed by atoms with van der Waals surface area (Å²) in [7, 11) is -0.820. The van der Waals surface area contributed by atoms with Crippen LogP contribution in [0.3, 0.4) is 0 Å². The molecule has 0 aromatic rings. The normalized spacial score (nSPS) is 20.8. The molecule has 5 nitrogen and oxygen atoms in total. The molecule has 1 amide bonds. The standard InChI is InChI=1S/C13H27N3O2S/c1-11(19(4)18)5-6-15-12(17)13(2,3)16-9-7-14-8-10-16/h11,14H,5-10H2,1-4H3,(H,15,17). The molecule has 0 bridgehead atoms. The first-order valence-electron chi connectivity index (χ1n) is 6.92. The van der Waals surface area contributed by atoms with Gasteiger partial charge in [0, 0.05) is 55.0 Å². The predicted molar refractivity (Wildman–Crippen MR) is 79.7 cm³/mol. The third kappa shape index (κ3) is 4.85. The summed E-state index contributed by atoms with van der Waals surface area (Å²) >= 11 is 0. The first kappa shape index (κ1) is 16.6. The van der Waals surface area contributed by atoms with E-state index in [0.717, 1.165) is 32.6 Å².